The number of aromatic nitrogens is 1. The summed E-state index contributed by atoms with van der Waals surface area (Å²) < 4.78 is 8.17. The average Bonchev–Trinajstić information content (AvgIpc) is 3.33. The molecule has 2 aromatic carbocycles. The summed E-state index contributed by atoms with van der Waals surface area (Å²) in [5.41, 5.74) is 6.40. The van der Waals surface area contributed by atoms with E-state index in [9.17, 15) is 0 Å². The van der Waals surface area contributed by atoms with Gasteiger partial charge in [0.25, 0.3) is 0 Å². The van der Waals surface area contributed by atoms with Gasteiger partial charge in [0, 0.05) is 24.2 Å². The summed E-state index contributed by atoms with van der Waals surface area (Å²) in [4.78, 5) is 4.86. The van der Waals surface area contributed by atoms with E-state index in [0.717, 1.165) is 29.6 Å². The zero-order valence-electron chi connectivity index (χ0n) is 16.5. The number of ether oxygens (including phenoxy) is 1. The van der Waals surface area contributed by atoms with Gasteiger partial charge in [-0.1, -0.05) is 54.1 Å². The van der Waals surface area contributed by atoms with Crippen LogP contribution in [0.15, 0.2) is 71.9 Å². The van der Waals surface area contributed by atoms with Crippen molar-refractivity contribution in [3.8, 4) is 0 Å². The van der Waals surface area contributed by atoms with E-state index >= 15 is 0 Å². The standard InChI is InChI=1S/C24H26N2OS/c1-18-7-5-9-20(13-18)14-26-12-6-11-23(26)24-25-22(15-27-24)17-28-16-21-10-4-3-8-19(21)2/h3-13,22H,14-17H2,1-2H3/t22-/m0/s1. The fourth-order valence-electron chi connectivity index (χ4n) is 3.47. The van der Waals surface area contributed by atoms with E-state index in [1.807, 2.05) is 11.8 Å². The van der Waals surface area contributed by atoms with Crippen molar-refractivity contribution in [3.05, 3.63) is 94.8 Å². The summed E-state index contributed by atoms with van der Waals surface area (Å²) in [6.45, 7) is 5.81. The van der Waals surface area contributed by atoms with Gasteiger partial charge in [-0.3, -0.25) is 0 Å². The molecule has 0 spiro atoms. The number of benzene rings is 2. The van der Waals surface area contributed by atoms with Crippen LogP contribution in [0.4, 0.5) is 0 Å². The van der Waals surface area contributed by atoms with Crippen molar-refractivity contribution >= 4 is 17.7 Å². The van der Waals surface area contributed by atoms with Gasteiger partial charge in [-0.2, -0.15) is 11.8 Å². The van der Waals surface area contributed by atoms with Crippen LogP contribution in [0.5, 0.6) is 0 Å². The minimum atomic E-state index is 0.228. The second-order valence-electron chi connectivity index (χ2n) is 7.35. The molecule has 3 aromatic rings. The minimum absolute atomic E-state index is 0.228. The summed E-state index contributed by atoms with van der Waals surface area (Å²) in [5.74, 6) is 2.79. The fraction of sp³-hybridized carbons (Fsp3) is 0.292. The number of aliphatic imine (C=N–C) groups is 1. The Labute approximate surface area is 171 Å². The molecule has 1 aliphatic heterocycles. The van der Waals surface area contributed by atoms with Gasteiger partial charge in [-0.25, -0.2) is 4.99 Å². The normalized spacial score (nSPS) is 16.1. The van der Waals surface area contributed by atoms with Crippen molar-refractivity contribution in [2.75, 3.05) is 12.4 Å². The number of hydrogen-bond donors (Lipinski definition) is 0. The van der Waals surface area contributed by atoms with Crippen LogP contribution in [-0.2, 0) is 17.0 Å². The molecule has 0 bridgehead atoms. The maximum atomic E-state index is 5.95. The van der Waals surface area contributed by atoms with Crippen LogP contribution >= 0.6 is 11.8 Å². The van der Waals surface area contributed by atoms with E-state index in [1.165, 1.54) is 22.3 Å². The quantitative estimate of drug-likeness (QED) is 0.552. The predicted octanol–water partition coefficient (Wildman–Crippen LogP) is 5.23. The van der Waals surface area contributed by atoms with Crippen molar-refractivity contribution in [1.29, 1.82) is 0 Å². The minimum Gasteiger partial charge on any atom is -0.474 e. The molecular weight excluding hydrogens is 364 g/mol. The van der Waals surface area contributed by atoms with Crippen LogP contribution in [0, 0.1) is 13.8 Å². The second kappa shape index (κ2) is 8.70. The lowest BCUT2D eigenvalue weighted by atomic mass is 10.1. The van der Waals surface area contributed by atoms with Crippen LogP contribution < -0.4 is 0 Å². The van der Waals surface area contributed by atoms with Crippen LogP contribution in [0.25, 0.3) is 0 Å². The summed E-state index contributed by atoms with van der Waals surface area (Å²) >= 11 is 1.93. The Hall–Kier alpha value is -2.46. The van der Waals surface area contributed by atoms with Crippen LogP contribution in [-0.4, -0.2) is 28.9 Å². The third-order valence-corrected chi connectivity index (χ3v) is 6.16. The van der Waals surface area contributed by atoms with Gasteiger partial charge in [-0.05, 0) is 42.7 Å². The smallest absolute Gasteiger partial charge is 0.233 e. The van der Waals surface area contributed by atoms with Gasteiger partial charge in [0.1, 0.15) is 12.3 Å². The lowest BCUT2D eigenvalue weighted by molar-refractivity contribution is 0.323. The molecule has 0 radical (unpaired) electrons. The van der Waals surface area contributed by atoms with Gasteiger partial charge in [0.2, 0.25) is 5.90 Å². The number of aryl methyl sites for hydroxylation is 2. The molecule has 0 aliphatic carbocycles. The number of rotatable bonds is 7. The molecule has 1 atom stereocenters. The second-order valence-corrected chi connectivity index (χ2v) is 8.38. The van der Waals surface area contributed by atoms with Crippen molar-refractivity contribution in [2.24, 2.45) is 4.99 Å². The molecule has 3 nitrogen and oxygen atoms in total. The van der Waals surface area contributed by atoms with E-state index in [0.29, 0.717) is 6.61 Å². The average molecular weight is 391 g/mol. The molecule has 0 saturated heterocycles. The van der Waals surface area contributed by atoms with Gasteiger partial charge in [-0.15, -0.1) is 0 Å². The summed E-state index contributed by atoms with van der Waals surface area (Å²) in [7, 11) is 0. The van der Waals surface area contributed by atoms with Gasteiger partial charge < -0.3 is 9.30 Å². The number of nitrogens with zero attached hydrogens (tertiary/aromatic N) is 2. The van der Waals surface area contributed by atoms with Crippen molar-refractivity contribution in [1.82, 2.24) is 4.57 Å². The summed E-state index contributed by atoms with van der Waals surface area (Å²) in [6, 6.07) is 21.6. The Morgan fingerprint density at radius 1 is 1.07 bits per heavy atom. The third kappa shape index (κ3) is 4.50. The Balaban J connectivity index is 1.38. The highest BCUT2D eigenvalue weighted by Crippen LogP contribution is 2.21. The summed E-state index contributed by atoms with van der Waals surface area (Å²) in [6.07, 6.45) is 2.10. The van der Waals surface area contributed by atoms with Crippen LogP contribution in [0.3, 0.4) is 0 Å². The molecule has 2 heterocycles. The largest absolute Gasteiger partial charge is 0.474 e. The first kappa shape index (κ1) is 18.9. The molecule has 0 fully saturated rings. The summed E-state index contributed by atoms with van der Waals surface area (Å²) in [5, 5.41) is 0. The Morgan fingerprint density at radius 3 is 2.82 bits per heavy atom. The molecule has 1 aliphatic rings. The molecule has 0 saturated carbocycles. The van der Waals surface area contributed by atoms with Crippen LogP contribution in [0.2, 0.25) is 0 Å². The predicted molar refractivity (Wildman–Crippen MR) is 118 cm³/mol. The molecule has 0 amide bonds. The topological polar surface area (TPSA) is 26.5 Å². The zero-order valence-corrected chi connectivity index (χ0v) is 17.3. The molecule has 144 valence electrons. The molecular formula is C24H26N2OS. The van der Waals surface area contributed by atoms with E-state index in [-0.39, 0.29) is 6.04 Å². The first-order valence-corrected chi connectivity index (χ1v) is 10.9. The SMILES string of the molecule is Cc1cccc(Cn2cccc2C2=N[C@H](CSCc3ccccc3C)CO2)c1. The molecule has 0 N–H and O–H groups in total. The third-order valence-electron chi connectivity index (χ3n) is 5.03. The monoisotopic (exact) mass is 390 g/mol. The lowest BCUT2D eigenvalue weighted by Gasteiger charge is -2.09. The molecule has 4 heteroatoms. The van der Waals surface area contributed by atoms with Gasteiger partial charge >= 0.3 is 0 Å². The van der Waals surface area contributed by atoms with E-state index in [1.54, 1.807) is 0 Å². The molecule has 0 unspecified atom stereocenters. The van der Waals surface area contributed by atoms with Crippen molar-refractivity contribution < 1.29 is 4.74 Å². The highest BCUT2D eigenvalue weighted by atomic mass is 32.2. The lowest BCUT2D eigenvalue weighted by Crippen LogP contribution is -2.11. The van der Waals surface area contributed by atoms with E-state index in [4.69, 9.17) is 9.73 Å². The van der Waals surface area contributed by atoms with Crippen molar-refractivity contribution in [2.45, 2.75) is 32.2 Å². The molecule has 28 heavy (non-hydrogen) atoms. The Morgan fingerprint density at radius 2 is 1.96 bits per heavy atom. The zero-order chi connectivity index (χ0) is 19.3. The van der Waals surface area contributed by atoms with Crippen LogP contribution in [0.1, 0.15) is 27.9 Å². The first-order chi connectivity index (χ1) is 13.7. The number of thioether (sulfide) groups is 1. The van der Waals surface area contributed by atoms with E-state index < -0.39 is 0 Å². The van der Waals surface area contributed by atoms with E-state index in [2.05, 4.69) is 85.3 Å². The fourth-order valence-corrected chi connectivity index (χ4v) is 4.58. The molecule has 1 aromatic heterocycles. The van der Waals surface area contributed by atoms with Crippen molar-refractivity contribution in [3.63, 3.8) is 0 Å². The Bertz CT molecular complexity index is 976. The maximum absolute atomic E-state index is 5.95. The first-order valence-electron chi connectivity index (χ1n) is 9.73. The Kier molecular flexibility index (Phi) is 5.87. The number of hydrogen-bond acceptors (Lipinski definition) is 3. The highest BCUT2D eigenvalue weighted by Gasteiger charge is 2.22. The highest BCUT2D eigenvalue weighted by molar-refractivity contribution is 7.98. The van der Waals surface area contributed by atoms with Gasteiger partial charge in [0.05, 0.1) is 6.04 Å². The van der Waals surface area contributed by atoms with Gasteiger partial charge in [0.15, 0.2) is 0 Å². The maximum Gasteiger partial charge on any atom is 0.233 e. The molecule has 4 rings (SSSR count).